The molecule has 26 heavy (non-hydrogen) atoms. The predicted molar refractivity (Wildman–Crippen MR) is 103 cm³/mol. The molecule has 1 aliphatic heterocycles. The van der Waals surface area contributed by atoms with Crippen LogP contribution < -0.4 is 5.48 Å². The van der Waals surface area contributed by atoms with E-state index in [2.05, 4.69) is 41.6 Å². The van der Waals surface area contributed by atoms with Gasteiger partial charge < -0.3 is 4.57 Å². The molecule has 0 aliphatic carbocycles. The largest absolute Gasteiger partial charge is 0.330 e. The molecule has 0 saturated carbocycles. The summed E-state index contributed by atoms with van der Waals surface area (Å²) in [6, 6.07) is 14.0. The SMILES string of the molecule is Cc1ccc2c(Sc3ccc(C(=O)NO)cc3)c3n(c2c1)CN(C)CC3. The van der Waals surface area contributed by atoms with Crippen molar-refractivity contribution in [2.45, 2.75) is 29.8 Å². The number of aromatic nitrogens is 1. The van der Waals surface area contributed by atoms with Crippen LogP contribution in [0, 0.1) is 6.92 Å². The lowest BCUT2D eigenvalue weighted by Crippen LogP contribution is -2.30. The minimum Gasteiger partial charge on any atom is -0.330 e. The van der Waals surface area contributed by atoms with Crippen LogP contribution in [-0.2, 0) is 13.1 Å². The molecule has 3 aromatic rings. The van der Waals surface area contributed by atoms with Crippen LogP contribution in [0.3, 0.4) is 0 Å². The van der Waals surface area contributed by atoms with Gasteiger partial charge in [-0.25, -0.2) is 5.48 Å². The summed E-state index contributed by atoms with van der Waals surface area (Å²) in [7, 11) is 2.16. The van der Waals surface area contributed by atoms with Crippen LogP contribution in [0.5, 0.6) is 0 Å². The monoisotopic (exact) mass is 367 g/mol. The lowest BCUT2D eigenvalue weighted by atomic mass is 10.2. The van der Waals surface area contributed by atoms with E-state index in [1.54, 1.807) is 29.4 Å². The summed E-state index contributed by atoms with van der Waals surface area (Å²) in [6.07, 6.45) is 1.03. The van der Waals surface area contributed by atoms with Gasteiger partial charge in [-0.1, -0.05) is 23.9 Å². The zero-order chi connectivity index (χ0) is 18.3. The Morgan fingerprint density at radius 2 is 1.96 bits per heavy atom. The average Bonchev–Trinajstić information content (AvgIpc) is 2.94. The summed E-state index contributed by atoms with van der Waals surface area (Å²) in [5.74, 6) is -0.494. The standard InChI is InChI=1S/C20H21N3O2S/c1-13-3-8-16-18(11-13)23-12-22(2)10-9-17(23)19(16)26-15-6-4-14(5-7-15)20(24)21-25/h3-8,11,25H,9-10,12H2,1-2H3,(H,21,24). The third-order valence-corrected chi connectivity index (χ3v) is 6.00. The molecular weight excluding hydrogens is 346 g/mol. The van der Waals surface area contributed by atoms with E-state index in [4.69, 9.17) is 5.21 Å². The number of hydroxylamine groups is 1. The molecule has 134 valence electrons. The maximum atomic E-state index is 11.5. The summed E-state index contributed by atoms with van der Waals surface area (Å²) >= 11 is 1.74. The van der Waals surface area contributed by atoms with E-state index in [0.29, 0.717) is 5.56 Å². The normalized spacial score (nSPS) is 14.4. The van der Waals surface area contributed by atoms with Gasteiger partial charge in [-0.15, -0.1) is 0 Å². The number of carbonyl (C=O) groups excluding carboxylic acids is 1. The van der Waals surface area contributed by atoms with Gasteiger partial charge >= 0.3 is 0 Å². The number of amides is 1. The summed E-state index contributed by atoms with van der Waals surface area (Å²) in [6.45, 7) is 4.09. The van der Waals surface area contributed by atoms with Gasteiger partial charge in [0.1, 0.15) is 0 Å². The molecular formula is C20H21N3O2S. The first-order chi connectivity index (χ1) is 12.6. The number of hydrogen-bond donors (Lipinski definition) is 2. The van der Waals surface area contributed by atoms with Crippen molar-refractivity contribution in [3.63, 3.8) is 0 Å². The number of fused-ring (bicyclic) bond motifs is 3. The highest BCUT2D eigenvalue weighted by molar-refractivity contribution is 7.99. The Kier molecular flexibility index (Phi) is 4.48. The third-order valence-electron chi connectivity index (χ3n) is 4.83. The van der Waals surface area contributed by atoms with Crippen molar-refractivity contribution in [3.05, 3.63) is 59.3 Å². The lowest BCUT2D eigenvalue weighted by molar-refractivity contribution is 0.0706. The van der Waals surface area contributed by atoms with Crippen molar-refractivity contribution >= 4 is 28.6 Å². The van der Waals surface area contributed by atoms with Crippen molar-refractivity contribution in [3.8, 4) is 0 Å². The van der Waals surface area contributed by atoms with E-state index in [1.807, 2.05) is 12.1 Å². The summed E-state index contributed by atoms with van der Waals surface area (Å²) in [5.41, 5.74) is 6.04. The molecule has 0 spiro atoms. The molecule has 1 amide bonds. The van der Waals surface area contributed by atoms with E-state index in [0.717, 1.165) is 24.5 Å². The minimum atomic E-state index is -0.494. The zero-order valence-electron chi connectivity index (χ0n) is 14.8. The van der Waals surface area contributed by atoms with Gasteiger partial charge in [0, 0.05) is 39.4 Å². The highest BCUT2D eigenvalue weighted by Gasteiger charge is 2.22. The molecule has 0 radical (unpaired) electrons. The summed E-state index contributed by atoms with van der Waals surface area (Å²) in [5, 5.41) is 10.0. The summed E-state index contributed by atoms with van der Waals surface area (Å²) in [4.78, 5) is 16.2. The van der Waals surface area contributed by atoms with Crippen LogP contribution in [0.2, 0.25) is 0 Å². The number of hydrogen-bond acceptors (Lipinski definition) is 4. The predicted octanol–water partition coefficient (Wildman–Crippen LogP) is 3.67. The number of rotatable bonds is 3. The van der Waals surface area contributed by atoms with Crippen LogP contribution in [0.15, 0.2) is 52.3 Å². The van der Waals surface area contributed by atoms with Crippen molar-refractivity contribution in [2.24, 2.45) is 0 Å². The molecule has 2 aromatic carbocycles. The Labute approximate surface area is 156 Å². The van der Waals surface area contributed by atoms with Crippen molar-refractivity contribution in [1.29, 1.82) is 0 Å². The molecule has 0 fully saturated rings. The molecule has 1 aromatic heterocycles. The van der Waals surface area contributed by atoms with Crippen molar-refractivity contribution in [1.82, 2.24) is 14.9 Å². The lowest BCUT2D eigenvalue weighted by Gasteiger charge is -2.26. The second-order valence-corrected chi connectivity index (χ2v) is 7.85. The Bertz CT molecular complexity index is 979. The highest BCUT2D eigenvalue weighted by atomic mass is 32.2. The van der Waals surface area contributed by atoms with E-state index in [1.165, 1.54) is 27.1 Å². The molecule has 4 rings (SSSR count). The summed E-state index contributed by atoms with van der Waals surface area (Å²) < 4.78 is 2.42. The smallest absolute Gasteiger partial charge is 0.274 e. The Balaban J connectivity index is 1.76. The first kappa shape index (κ1) is 17.1. The first-order valence-corrected chi connectivity index (χ1v) is 9.41. The molecule has 0 atom stereocenters. The second-order valence-electron chi connectivity index (χ2n) is 6.76. The van der Waals surface area contributed by atoms with Crippen LogP contribution in [0.25, 0.3) is 10.9 Å². The Morgan fingerprint density at radius 3 is 2.69 bits per heavy atom. The Hall–Kier alpha value is -2.28. The van der Waals surface area contributed by atoms with Crippen LogP contribution in [0.4, 0.5) is 0 Å². The molecule has 0 saturated heterocycles. The van der Waals surface area contributed by atoms with Gasteiger partial charge in [0.15, 0.2) is 0 Å². The zero-order valence-corrected chi connectivity index (χ0v) is 15.6. The average molecular weight is 367 g/mol. The molecule has 2 heterocycles. The third kappa shape index (κ3) is 3.00. The van der Waals surface area contributed by atoms with Crippen molar-refractivity contribution in [2.75, 3.05) is 13.6 Å². The van der Waals surface area contributed by atoms with E-state index in [-0.39, 0.29) is 0 Å². The van der Waals surface area contributed by atoms with Gasteiger partial charge in [0.05, 0.1) is 12.2 Å². The van der Waals surface area contributed by atoms with Gasteiger partial charge in [0.25, 0.3) is 5.91 Å². The number of nitrogens with zero attached hydrogens (tertiary/aromatic N) is 2. The van der Waals surface area contributed by atoms with E-state index < -0.39 is 5.91 Å². The maximum Gasteiger partial charge on any atom is 0.274 e. The first-order valence-electron chi connectivity index (χ1n) is 8.59. The fourth-order valence-electron chi connectivity index (χ4n) is 3.47. The number of carbonyl (C=O) groups is 1. The maximum absolute atomic E-state index is 11.5. The number of likely N-dealkylation sites (N-methyl/N-ethyl adjacent to an activating group) is 1. The molecule has 0 bridgehead atoms. The number of nitrogens with one attached hydrogen (secondary N) is 1. The minimum absolute atomic E-state index is 0.442. The highest BCUT2D eigenvalue weighted by Crippen LogP contribution is 2.40. The van der Waals surface area contributed by atoms with Gasteiger partial charge in [-0.05, 0) is 49.9 Å². The van der Waals surface area contributed by atoms with Crippen LogP contribution >= 0.6 is 11.8 Å². The van der Waals surface area contributed by atoms with E-state index in [9.17, 15) is 4.79 Å². The molecule has 6 heteroatoms. The van der Waals surface area contributed by atoms with E-state index >= 15 is 0 Å². The van der Waals surface area contributed by atoms with Gasteiger partial charge in [0.2, 0.25) is 0 Å². The fraction of sp³-hybridized carbons (Fsp3) is 0.250. The molecule has 0 unspecified atom stereocenters. The van der Waals surface area contributed by atoms with Gasteiger partial charge in [-0.3, -0.25) is 14.9 Å². The van der Waals surface area contributed by atoms with Crippen LogP contribution in [-0.4, -0.2) is 34.2 Å². The quantitative estimate of drug-likeness (QED) is 0.548. The molecule has 5 nitrogen and oxygen atoms in total. The topological polar surface area (TPSA) is 57.5 Å². The second kappa shape index (κ2) is 6.79. The van der Waals surface area contributed by atoms with Gasteiger partial charge in [-0.2, -0.15) is 0 Å². The van der Waals surface area contributed by atoms with Crippen molar-refractivity contribution < 1.29 is 10.0 Å². The fourth-order valence-corrected chi connectivity index (χ4v) is 4.59. The van der Waals surface area contributed by atoms with Crippen LogP contribution in [0.1, 0.15) is 21.6 Å². The number of aryl methyl sites for hydroxylation is 1. The molecule has 2 N–H and O–H groups in total. The molecule has 1 aliphatic rings. The number of benzene rings is 2. The Morgan fingerprint density at radius 1 is 1.19 bits per heavy atom.